The van der Waals surface area contributed by atoms with Gasteiger partial charge in [-0.1, -0.05) is 38.5 Å². The highest BCUT2D eigenvalue weighted by molar-refractivity contribution is 5.41. The molecular formula is C21H36NO3+. The number of benzene rings is 1. The van der Waals surface area contributed by atoms with E-state index in [1.165, 1.54) is 11.1 Å². The fourth-order valence-electron chi connectivity index (χ4n) is 3.48. The first-order chi connectivity index (χ1) is 11.8. The summed E-state index contributed by atoms with van der Waals surface area (Å²) in [5.41, 5.74) is 2.61. The van der Waals surface area contributed by atoms with Gasteiger partial charge >= 0.3 is 0 Å². The molecule has 1 aromatic carbocycles. The fourth-order valence-corrected chi connectivity index (χ4v) is 3.48. The lowest BCUT2D eigenvalue weighted by Gasteiger charge is -2.32. The highest BCUT2D eigenvalue weighted by atomic mass is 16.5. The molecule has 1 saturated heterocycles. The monoisotopic (exact) mass is 350 g/mol. The topological polar surface area (TPSA) is 32.1 Å². The molecule has 0 unspecified atom stereocenters. The van der Waals surface area contributed by atoms with Crippen LogP contribution >= 0.6 is 0 Å². The molecule has 142 valence electrons. The molecule has 0 aromatic heterocycles. The van der Waals surface area contributed by atoms with E-state index in [0.717, 1.165) is 32.0 Å². The van der Waals surface area contributed by atoms with Gasteiger partial charge in [0.05, 0.1) is 13.2 Å². The van der Waals surface area contributed by atoms with Gasteiger partial charge in [0.15, 0.2) is 0 Å². The van der Waals surface area contributed by atoms with Crippen LogP contribution in [-0.2, 0) is 14.9 Å². The highest BCUT2D eigenvalue weighted by Gasteiger charge is 2.25. The molecule has 25 heavy (non-hydrogen) atoms. The first-order valence-corrected chi connectivity index (χ1v) is 9.56. The van der Waals surface area contributed by atoms with E-state index in [4.69, 9.17) is 14.2 Å². The summed E-state index contributed by atoms with van der Waals surface area (Å²) in [5, 5.41) is 0. The molecule has 2 rings (SSSR count). The second kappa shape index (κ2) is 9.02. The van der Waals surface area contributed by atoms with Crippen LogP contribution in [0, 0.1) is 6.92 Å². The van der Waals surface area contributed by atoms with Gasteiger partial charge in [-0.2, -0.15) is 0 Å². The average molecular weight is 351 g/mol. The number of ether oxygens (including phenoxy) is 3. The Kier molecular flexibility index (Phi) is 7.29. The number of morpholine rings is 1. The molecule has 1 heterocycles. The van der Waals surface area contributed by atoms with Crippen molar-refractivity contribution in [2.45, 2.75) is 59.2 Å². The van der Waals surface area contributed by atoms with Crippen LogP contribution in [0.25, 0.3) is 0 Å². The zero-order valence-corrected chi connectivity index (χ0v) is 16.9. The van der Waals surface area contributed by atoms with Gasteiger partial charge in [0.25, 0.3) is 0 Å². The number of hydrogen-bond acceptors (Lipinski definition) is 3. The van der Waals surface area contributed by atoms with Crippen LogP contribution in [0.4, 0.5) is 0 Å². The Bertz CT molecular complexity index is 528. The first-order valence-electron chi connectivity index (χ1n) is 9.56. The predicted molar refractivity (Wildman–Crippen MR) is 102 cm³/mol. The SMILES string of the molecule is Cc1ccc(OCCOCC[NH+]2C[C@H](C)O[C@@H](C)C2)c(C(C)(C)C)c1. The van der Waals surface area contributed by atoms with Gasteiger partial charge in [-0.15, -0.1) is 0 Å². The van der Waals surface area contributed by atoms with Gasteiger partial charge in [-0.25, -0.2) is 0 Å². The van der Waals surface area contributed by atoms with E-state index in [1.807, 2.05) is 0 Å². The standard InChI is InChI=1S/C21H35NO3/c1-16-7-8-20(19(13-16)21(4,5)6)24-12-11-23-10-9-22-14-17(2)25-18(3)15-22/h7-8,13,17-18H,9-12,14-15H2,1-6H3/p+1/t17-,18-/m0/s1. The maximum atomic E-state index is 5.99. The number of hydrogen-bond donors (Lipinski definition) is 1. The van der Waals surface area contributed by atoms with E-state index < -0.39 is 0 Å². The van der Waals surface area contributed by atoms with Crippen molar-refractivity contribution in [2.24, 2.45) is 0 Å². The lowest BCUT2D eigenvalue weighted by Crippen LogP contribution is -3.15. The Hall–Kier alpha value is -1.10. The Labute approximate surface area is 153 Å². The molecule has 0 amide bonds. The van der Waals surface area contributed by atoms with E-state index in [0.29, 0.717) is 25.4 Å². The van der Waals surface area contributed by atoms with Crippen LogP contribution < -0.4 is 9.64 Å². The molecular weight excluding hydrogens is 314 g/mol. The van der Waals surface area contributed by atoms with Crippen molar-refractivity contribution in [1.29, 1.82) is 0 Å². The van der Waals surface area contributed by atoms with Crippen molar-refractivity contribution >= 4 is 0 Å². The van der Waals surface area contributed by atoms with E-state index in [2.05, 4.69) is 59.7 Å². The predicted octanol–water partition coefficient (Wildman–Crippen LogP) is 2.38. The van der Waals surface area contributed by atoms with Crippen molar-refractivity contribution < 1.29 is 19.1 Å². The van der Waals surface area contributed by atoms with E-state index in [-0.39, 0.29) is 5.41 Å². The summed E-state index contributed by atoms with van der Waals surface area (Å²) in [4.78, 5) is 1.57. The molecule has 0 bridgehead atoms. The van der Waals surface area contributed by atoms with Crippen molar-refractivity contribution in [3.05, 3.63) is 29.3 Å². The number of quaternary nitrogens is 1. The van der Waals surface area contributed by atoms with Crippen molar-refractivity contribution in [2.75, 3.05) is 39.5 Å². The molecule has 1 aliphatic heterocycles. The van der Waals surface area contributed by atoms with Gasteiger partial charge in [-0.3, -0.25) is 0 Å². The van der Waals surface area contributed by atoms with Crippen LogP contribution in [0.2, 0.25) is 0 Å². The normalized spacial score (nSPS) is 24.3. The number of aryl methyl sites for hydroxylation is 1. The number of rotatable bonds is 7. The summed E-state index contributed by atoms with van der Waals surface area (Å²) in [7, 11) is 0. The van der Waals surface area contributed by atoms with Crippen LogP contribution in [-0.4, -0.2) is 51.7 Å². The summed E-state index contributed by atoms with van der Waals surface area (Å²) in [6.07, 6.45) is 0.693. The van der Waals surface area contributed by atoms with E-state index >= 15 is 0 Å². The molecule has 0 aliphatic carbocycles. The summed E-state index contributed by atoms with van der Waals surface area (Å²) in [5.74, 6) is 0.975. The lowest BCUT2D eigenvalue weighted by atomic mass is 9.85. The van der Waals surface area contributed by atoms with Crippen molar-refractivity contribution in [3.63, 3.8) is 0 Å². The second-order valence-electron chi connectivity index (χ2n) is 8.38. The molecule has 1 aliphatic rings. The van der Waals surface area contributed by atoms with Gasteiger partial charge in [-0.05, 0) is 37.8 Å². The van der Waals surface area contributed by atoms with E-state index in [9.17, 15) is 0 Å². The maximum absolute atomic E-state index is 5.99. The van der Waals surface area contributed by atoms with E-state index in [1.54, 1.807) is 4.90 Å². The first kappa shape index (κ1) is 20.2. The highest BCUT2D eigenvalue weighted by Crippen LogP contribution is 2.32. The summed E-state index contributed by atoms with van der Waals surface area (Å²) in [6, 6.07) is 6.41. The summed E-state index contributed by atoms with van der Waals surface area (Å²) in [6.45, 7) is 18.3. The molecule has 0 saturated carbocycles. The molecule has 4 heteroatoms. The number of nitrogens with one attached hydrogen (secondary N) is 1. The second-order valence-corrected chi connectivity index (χ2v) is 8.38. The third-order valence-electron chi connectivity index (χ3n) is 4.65. The Morgan fingerprint density at radius 3 is 2.40 bits per heavy atom. The van der Waals surface area contributed by atoms with Crippen molar-refractivity contribution in [3.8, 4) is 5.75 Å². The summed E-state index contributed by atoms with van der Waals surface area (Å²) < 4.78 is 17.6. The largest absolute Gasteiger partial charge is 0.491 e. The third kappa shape index (κ3) is 6.61. The average Bonchev–Trinajstić information content (AvgIpc) is 2.50. The minimum Gasteiger partial charge on any atom is -0.491 e. The Balaban J connectivity index is 1.70. The molecule has 1 fully saturated rings. The molecule has 2 atom stereocenters. The van der Waals surface area contributed by atoms with Crippen LogP contribution in [0.15, 0.2) is 18.2 Å². The smallest absolute Gasteiger partial charge is 0.123 e. The van der Waals surface area contributed by atoms with Gasteiger partial charge in [0, 0.05) is 0 Å². The molecule has 0 radical (unpaired) electrons. The Morgan fingerprint density at radius 2 is 1.76 bits per heavy atom. The molecule has 0 spiro atoms. The Morgan fingerprint density at radius 1 is 1.08 bits per heavy atom. The minimum absolute atomic E-state index is 0.0787. The molecule has 1 aromatic rings. The van der Waals surface area contributed by atoms with Crippen LogP contribution in [0.3, 0.4) is 0 Å². The van der Waals surface area contributed by atoms with Crippen molar-refractivity contribution in [1.82, 2.24) is 0 Å². The molecule has 1 N–H and O–H groups in total. The van der Waals surface area contributed by atoms with Gasteiger partial charge in [0.1, 0.15) is 44.2 Å². The zero-order valence-electron chi connectivity index (χ0n) is 16.9. The summed E-state index contributed by atoms with van der Waals surface area (Å²) >= 11 is 0. The maximum Gasteiger partial charge on any atom is 0.123 e. The van der Waals surface area contributed by atoms with Gasteiger partial charge < -0.3 is 19.1 Å². The molecule has 4 nitrogen and oxygen atoms in total. The van der Waals surface area contributed by atoms with Crippen LogP contribution in [0.5, 0.6) is 5.75 Å². The minimum atomic E-state index is 0.0787. The van der Waals surface area contributed by atoms with Crippen LogP contribution in [0.1, 0.15) is 45.7 Å². The lowest BCUT2D eigenvalue weighted by molar-refractivity contribution is -0.915. The fraction of sp³-hybridized carbons (Fsp3) is 0.714. The quantitative estimate of drug-likeness (QED) is 0.767. The third-order valence-corrected chi connectivity index (χ3v) is 4.65. The van der Waals surface area contributed by atoms with Gasteiger partial charge in [0.2, 0.25) is 0 Å². The zero-order chi connectivity index (χ0) is 18.4.